The van der Waals surface area contributed by atoms with Crippen LogP contribution in [0.3, 0.4) is 0 Å². The first-order valence-electron chi connectivity index (χ1n) is 11.8. The van der Waals surface area contributed by atoms with Gasteiger partial charge in [0, 0.05) is 0 Å². The number of carbonyl (C=O) groups is 1. The second kappa shape index (κ2) is 13.6. The molecular formula is C31H34O3. The van der Waals surface area contributed by atoms with Crippen LogP contribution in [0.15, 0.2) is 97.1 Å². The van der Waals surface area contributed by atoms with Crippen LogP contribution in [0.5, 0.6) is 5.75 Å². The molecule has 0 heterocycles. The SMILES string of the molecule is CC.CCc1ccc(-c2ccc(C(=O)O)cc2)cc1.CCc1ccc(-c2ccc(O)cc2)cc1. The molecule has 0 aromatic heterocycles. The summed E-state index contributed by atoms with van der Waals surface area (Å²) < 4.78 is 0. The van der Waals surface area contributed by atoms with Crippen LogP contribution in [0.1, 0.15) is 49.2 Å². The van der Waals surface area contributed by atoms with E-state index in [4.69, 9.17) is 5.11 Å². The molecule has 0 spiro atoms. The number of hydrogen-bond donors (Lipinski definition) is 2. The highest BCUT2D eigenvalue weighted by Crippen LogP contribution is 2.22. The zero-order valence-electron chi connectivity index (χ0n) is 20.5. The topological polar surface area (TPSA) is 57.5 Å². The summed E-state index contributed by atoms with van der Waals surface area (Å²) in [4.78, 5) is 10.7. The molecular weight excluding hydrogens is 420 g/mol. The van der Waals surface area contributed by atoms with Gasteiger partial charge in [-0.3, -0.25) is 0 Å². The number of phenols is 1. The monoisotopic (exact) mass is 454 g/mol. The third kappa shape index (κ3) is 7.63. The molecule has 0 unspecified atom stereocenters. The number of benzene rings is 4. The van der Waals surface area contributed by atoms with Gasteiger partial charge in [-0.2, -0.15) is 0 Å². The highest BCUT2D eigenvalue weighted by molar-refractivity contribution is 5.88. The van der Waals surface area contributed by atoms with Gasteiger partial charge in [-0.15, -0.1) is 0 Å². The fourth-order valence-electron chi connectivity index (χ4n) is 3.32. The number of aromatic hydroxyl groups is 1. The Kier molecular flexibility index (Phi) is 10.6. The molecule has 0 aliphatic heterocycles. The molecule has 2 N–H and O–H groups in total. The first-order chi connectivity index (χ1) is 16.5. The van der Waals surface area contributed by atoms with Crippen molar-refractivity contribution in [1.82, 2.24) is 0 Å². The molecule has 0 radical (unpaired) electrons. The number of carboxylic acids is 1. The maximum atomic E-state index is 10.7. The van der Waals surface area contributed by atoms with Crippen molar-refractivity contribution in [2.24, 2.45) is 0 Å². The standard InChI is InChI=1S/C15H14O2.C14H14O.C2H6/c1-2-11-3-5-12(6-4-11)13-7-9-14(10-8-13)15(16)17;1-2-11-3-5-12(6-4-11)13-7-9-14(15)10-8-13;1-2/h3-10H,2H2,1H3,(H,16,17);3-10,15H,2H2,1H3;1-2H3. The van der Waals surface area contributed by atoms with E-state index in [-0.39, 0.29) is 0 Å². The van der Waals surface area contributed by atoms with Crippen molar-refractivity contribution in [2.75, 3.05) is 0 Å². The lowest BCUT2D eigenvalue weighted by molar-refractivity contribution is 0.0697. The van der Waals surface area contributed by atoms with Crippen LogP contribution < -0.4 is 0 Å². The zero-order valence-corrected chi connectivity index (χ0v) is 20.5. The van der Waals surface area contributed by atoms with Crippen molar-refractivity contribution in [3.05, 3.63) is 114 Å². The van der Waals surface area contributed by atoms with Gasteiger partial charge in [0.2, 0.25) is 0 Å². The predicted molar refractivity (Wildman–Crippen MR) is 142 cm³/mol. The van der Waals surface area contributed by atoms with E-state index in [2.05, 4.69) is 62.4 Å². The summed E-state index contributed by atoms with van der Waals surface area (Å²) in [6, 6.07) is 31.1. The highest BCUT2D eigenvalue weighted by atomic mass is 16.4. The fourth-order valence-corrected chi connectivity index (χ4v) is 3.32. The molecule has 0 aliphatic rings. The summed E-state index contributed by atoms with van der Waals surface area (Å²) in [7, 11) is 0. The lowest BCUT2D eigenvalue weighted by Gasteiger charge is -2.03. The van der Waals surface area contributed by atoms with Crippen molar-refractivity contribution < 1.29 is 15.0 Å². The molecule has 0 saturated carbocycles. The molecule has 0 saturated heterocycles. The molecule has 4 aromatic rings. The molecule has 4 aromatic carbocycles. The third-order valence-corrected chi connectivity index (χ3v) is 5.39. The lowest BCUT2D eigenvalue weighted by Crippen LogP contribution is -1.94. The molecule has 34 heavy (non-hydrogen) atoms. The average Bonchev–Trinajstić information content (AvgIpc) is 2.91. The molecule has 0 atom stereocenters. The van der Waals surface area contributed by atoms with E-state index in [0.717, 1.165) is 29.5 Å². The Labute approximate surface area is 203 Å². The summed E-state index contributed by atoms with van der Waals surface area (Å²) >= 11 is 0. The summed E-state index contributed by atoms with van der Waals surface area (Å²) in [5.41, 5.74) is 7.44. The third-order valence-electron chi connectivity index (χ3n) is 5.39. The Hall–Kier alpha value is -3.85. The Bertz CT molecular complexity index is 1130. The van der Waals surface area contributed by atoms with E-state index in [0.29, 0.717) is 11.3 Å². The summed E-state index contributed by atoms with van der Waals surface area (Å²) in [5.74, 6) is -0.582. The highest BCUT2D eigenvalue weighted by Gasteiger charge is 2.03. The van der Waals surface area contributed by atoms with E-state index in [1.165, 1.54) is 16.7 Å². The minimum atomic E-state index is -0.891. The predicted octanol–water partition coefficient (Wildman–Crippen LogP) is 8.26. The number of rotatable bonds is 5. The van der Waals surface area contributed by atoms with E-state index in [1.807, 2.05) is 38.1 Å². The van der Waals surface area contributed by atoms with Gasteiger partial charge >= 0.3 is 5.97 Å². The maximum Gasteiger partial charge on any atom is 0.335 e. The van der Waals surface area contributed by atoms with Crippen molar-refractivity contribution in [3.8, 4) is 28.0 Å². The van der Waals surface area contributed by atoms with Gasteiger partial charge < -0.3 is 10.2 Å². The first-order valence-corrected chi connectivity index (χ1v) is 11.8. The Balaban J connectivity index is 0.000000225. The number of carboxylic acid groups (broad SMARTS) is 1. The van der Waals surface area contributed by atoms with Crippen LogP contribution in [0.25, 0.3) is 22.3 Å². The minimum Gasteiger partial charge on any atom is -0.508 e. The molecule has 3 nitrogen and oxygen atoms in total. The van der Waals surface area contributed by atoms with E-state index >= 15 is 0 Å². The molecule has 0 amide bonds. The van der Waals surface area contributed by atoms with Gasteiger partial charge in [0.25, 0.3) is 0 Å². The average molecular weight is 455 g/mol. The van der Waals surface area contributed by atoms with Gasteiger partial charge in [0.1, 0.15) is 5.75 Å². The van der Waals surface area contributed by atoms with Crippen LogP contribution in [0.2, 0.25) is 0 Å². The number of hydrogen-bond acceptors (Lipinski definition) is 2. The van der Waals surface area contributed by atoms with Gasteiger partial charge in [-0.25, -0.2) is 4.79 Å². The van der Waals surface area contributed by atoms with Gasteiger partial charge in [-0.1, -0.05) is 100 Å². The van der Waals surface area contributed by atoms with E-state index < -0.39 is 5.97 Å². The zero-order chi connectivity index (χ0) is 24.9. The van der Waals surface area contributed by atoms with Gasteiger partial charge in [-0.05, 0) is 70.5 Å². The van der Waals surface area contributed by atoms with Crippen LogP contribution in [0, 0.1) is 0 Å². The maximum absolute atomic E-state index is 10.7. The summed E-state index contributed by atoms with van der Waals surface area (Å²) in [5, 5.41) is 18.0. The Morgan fingerprint density at radius 2 is 0.853 bits per heavy atom. The van der Waals surface area contributed by atoms with Crippen molar-refractivity contribution >= 4 is 5.97 Å². The summed E-state index contributed by atoms with van der Waals surface area (Å²) in [6.07, 6.45) is 2.09. The minimum absolute atomic E-state index is 0.309. The number of aryl methyl sites for hydroxylation is 2. The van der Waals surface area contributed by atoms with Gasteiger partial charge in [0.05, 0.1) is 5.56 Å². The Morgan fingerprint density at radius 3 is 1.15 bits per heavy atom. The molecule has 0 aliphatic carbocycles. The van der Waals surface area contributed by atoms with Crippen LogP contribution >= 0.6 is 0 Å². The first kappa shape index (κ1) is 26.4. The number of aromatic carboxylic acids is 1. The second-order valence-corrected chi connectivity index (χ2v) is 7.53. The lowest BCUT2D eigenvalue weighted by atomic mass is 10.0. The molecule has 0 fully saturated rings. The Morgan fingerprint density at radius 1 is 0.559 bits per heavy atom. The summed E-state index contributed by atoms with van der Waals surface area (Å²) in [6.45, 7) is 8.27. The van der Waals surface area contributed by atoms with Crippen LogP contribution in [0.4, 0.5) is 0 Å². The van der Waals surface area contributed by atoms with E-state index in [1.54, 1.807) is 24.3 Å². The van der Waals surface area contributed by atoms with E-state index in [9.17, 15) is 9.90 Å². The van der Waals surface area contributed by atoms with Crippen LogP contribution in [-0.2, 0) is 12.8 Å². The quantitative estimate of drug-likeness (QED) is 0.319. The van der Waals surface area contributed by atoms with Gasteiger partial charge in [0.15, 0.2) is 0 Å². The van der Waals surface area contributed by atoms with Crippen LogP contribution in [-0.4, -0.2) is 16.2 Å². The number of phenolic OH excluding ortho intramolecular Hbond substituents is 1. The second-order valence-electron chi connectivity index (χ2n) is 7.53. The fraction of sp³-hybridized carbons (Fsp3) is 0.194. The van der Waals surface area contributed by atoms with Crippen molar-refractivity contribution in [3.63, 3.8) is 0 Å². The van der Waals surface area contributed by atoms with Crippen molar-refractivity contribution in [1.29, 1.82) is 0 Å². The molecule has 3 heteroatoms. The normalized spacial score (nSPS) is 9.76. The smallest absolute Gasteiger partial charge is 0.335 e. The molecule has 4 rings (SSSR count). The van der Waals surface area contributed by atoms with Crippen molar-refractivity contribution in [2.45, 2.75) is 40.5 Å². The molecule has 176 valence electrons. The largest absolute Gasteiger partial charge is 0.508 e. The molecule has 0 bridgehead atoms.